The minimum atomic E-state index is -4.54. The summed E-state index contributed by atoms with van der Waals surface area (Å²) in [6.07, 6.45) is -2.95. The molecule has 0 spiro atoms. The van der Waals surface area contributed by atoms with Crippen LogP contribution in [0.5, 0.6) is 0 Å². The zero-order valence-corrected chi connectivity index (χ0v) is 13.1. The highest BCUT2D eigenvalue weighted by Gasteiger charge is 2.33. The van der Waals surface area contributed by atoms with Crippen LogP contribution in [-0.4, -0.2) is 20.9 Å². The second-order valence-electron chi connectivity index (χ2n) is 5.33. The lowest BCUT2D eigenvalue weighted by molar-refractivity contribution is -0.136. The molecule has 0 unspecified atom stereocenters. The average molecular weight is 346 g/mol. The Labute approximate surface area is 141 Å². The van der Waals surface area contributed by atoms with Crippen molar-refractivity contribution in [2.45, 2.75) is 13.1 Å². The lowest BCUT2D eigenvalue weighted by Crippen LogP contribution is -2.16. The lowest BCUT2D eigenvalue weighted by atomic mass is 10.1. The largest absolute Gasteiger partial charge is 0.418 e. The first-order chi connectivity index (χ1) is 11.9. The van der Waals surface area contributed by atoms with Gasteiger partial charge in [-0.2, -0.15) is 13.2 Å². The van der Waals surface area contributed by atoms with Gasteiger partial charge in [-0.1, -0.05) is 17.3 Å². The molecule has 0 radical (unpaired) electrons. The van der Waals surface area contributed by atoms with Crippen LogP contribution in [0.4, 0.5) is 18.9 Å². The lowest BCUT2D eigenvalue weighted by Gasteiger charge is -2.13. The number of nitrogens with zero attached hydrogens (tertiary/aromatic N) is 3. The van der Waals surface area contributed by atoms with E-state index < -0.39 is 17.6 Å². The SMILES string of the molecule is Cc1cnnn1-c1ccc(C(=O)Nc2ccccc2C(F)(F)F)cc1. The summed E-state index contributed by atoms with van der Waals surface area (Å²) in [6.45, 7) is 1.83. The molecule has 128 valence electrons. The molecule has 0 fully saturated rings. The van der Waals surface area contributed by atoms with Gasteiger partial charge in [0.15, 0.2) is 0 Å². The summed E-state index contributed by atoms with van der Waals surface area (Å²) in [5, 5.41) is 9.98. The molecule has 1 N–H and O–H groups in total. The van der Waals surface area contributed by atoms with Gasteiger partial charge in [0, 0.05) is 5.56 Å². The van der Waals surface area contributed by atoms with Crippen LogP contribution in [0.25, 0.3) is 5.69 Å². The predicted molar refractivity (Wildman–Crippen MR) is 85.5 cm³/mol. The van der Waals surface area contributed by atoms with Crippen molar-refractivity contribution in [2.75, 3.05) is 5.32 Å². The highest BCUT2D eigenvalue weighted by atomic mass is 19.4. The molecule has 1 heterocycles. The summed E-state index contributed by atoms with van der Waals surface area (Å²) in [6, 6.07) is 11.2. The minimum Gasteiger partial charge on any atom is -0.321 e. The summed E-state index contributed by atoms with van der Waals surface area (Å²) in [5.41, 5.74) is 0.575. The van der Waals surface area contributed by atoms with E-state index in [9.17, 15) is 18.0 Å². The minimum absolute atomic E-state index is 0.235. The number of aromatic nitrogens is 3. The highest BCUT2D eigenvalue weighted by molar-refractivity contribution is 6.04. The number of halogens is 3. The molecule has 1 amide bonds. The van der Waals surface area contributed by atoms with Gasteiger partial charge in [0.1, 0.15) is 0 Å². The smallest absolute Gasteiger partial charge is 0.321 e. The van der Waals surface area contributed by atoms with Gasteiger partial charge in [0.25, 0.3) is 5.91 Å². The standard InChI is InChI=1S/C17H13F3N4O/c1-11-10-21-23-24(11)13-8-6-12(7-9-13)16(25)22-15-5-3-2-4-14(15)17(18,19)20/h2-10H,1H3,(H,22,25). The van der Waals surface area contributed by atoms with Crippen LogP contribution in [0.3, 0.4) is 0 Å². The molecule has 3 aromatic rings. The number of carbonyl (C=O) groups is 1. The second kappa shape index (κ2) is 6.39. The molecule has 8 heteroatoms. The number of amides is 1. The Balaban J connectivity index is 1.82. The fourth-order valence-electron chi connectivity index (χ4n) is 2.33. The zero-order chi connectivity index (χ0) is 18.0. The maximum absolute atomic E-state index is 13.0. The van der Waals surface area contributed by atoms with E-state index in [1.54, 1.807) is 23.0 Å². The number of hydrogen-bond donors (Lipinski definition) is 1. The van der Waals surface area contributed by atoms with Crippen LogP contribution in [0.15, 0.2) is 54.7 Å². The van der Waals surface area contributed by atoms with Crippen molar-refractivity contribution in [2.24, 2.45) is 0 Å². The zero-order valence-electron chi connectivity index (χ0n) is 13.1. The Kier molecular flexibility index (Phi) is 4.26. The fraction of sp³-hybridized carbons (Fsp3) is 0.118. The fourth-order valence-corrected chi connectivity index (χ4v) is 2.33. The third-order valence-corrected chi connectivity index (χ3v) is 3.57. The number of nitrogens with one attached hydrogen (secondary N) is 1. The second-order valence-corrected chi connectivity index (χ2v) is 5.33. The van der Waals surface area contributed by atoms with Gasteiger partial charge in [-0.25, -0.2) is 4.68 Å². The van der Waals surface area contributed by atoms with Gasteiger partial charge in [0.05, 0.1) is 28.8 Å². The highest BCUT2D eigenvalue weighted by Crippen LogP contribution is 2.34. The van der Waals surface area contributed by atoms with Crippen molar-refractivity contribution >= 4 is 11.6 Å². The normalized spacial score (nSPS) is 11.4. The molecule has 0 saturated heterocycles. The molecule has 0 aliphatic carbocycles. The first kappa shape index (κ1) is 16.7. The van der Waals surface area contributed by atoms with Crippen molar-refractivity contribution in [1.82, 2.24) is 15.0 Å². The Morgan fingerprint density at radius 3 is 2.36 bits per heavy atom. The van der Waals surface area contributed by atoms with Crippen LogP contribution in [0.2, 0.25) is 0 Å². The molecule has 2 aromatic carbocycles. The van der Waals surface area contributed by atoms with Gasteiger partial charge >= 0.3 is 6.18 Å². The number of rotatable bonds is 3. The van der Waals surface area contributed by atoms with Gasteiger partial charge in [-0.15, -0.1) is 5.10 Å². The Bertz CT molecular complexity index is 901. The molecule has 0 atom stereocenters. The molecular weight excluding hydrogens is 333 g/mol. The predicted octanol–water partition coefficient (Wildman–Crippen LogP) is 3.85. The van der Waals surface area contributed by atoms with Crippen LogP contribution in [0.1, 0.15) is 21.6 Å². The summed E-state index contributed by atoms with van der Waals surface area (Å²) < 4.78 is 40.5. The molecule has 1 aromatic heterocycles. The van der Waals surface area contributed by atoms with Gasteiger partial charge in [-0.05, 0) is 43.3 Å². The van der Waals surface area contributed by atoms with E-state index in [4.69, 9.17) is 0 Å². The maximum Gasteiger partial charge on any atom is 0.418 e. The van der Waals surface area contributed by atoms with E-state index in [2.05, 4.69) is 15.6 Å². The number of carbonyl (C=O) groups excluding carboxylic acids is 1. The number of anilines is 1. The molecule has 0 saturated carbocycles. The van der Waals surface area contributed by atoms with Crippen molar-refractivity contribution in [1.29, 1.82) is 0 Å². The number of benzene rings is 2. The van der Waals surface area contributed by atoms with Gasteiger partial charge < -0.3 is 5.32 Å². The summed E-state index contributed by atoms with van der Waals surface area (Å²) in [7, 11) is 0. The molecule has 25 heavy (non-hydrogen) atoms. The quantitative estimate of drug-likeness (QED) is 0.784. The third-order valence-electron chi connectivity index (χ3n) is 3.57. The van der Waals surface area contributed by atoms with Crippen molar-refractivity contribution in [3.05, 3.63) is 71.5 Å². The van der Waals surface area contributed by atoms with Crippen molar-refractivity contribution in [3.63, 3.8) is 0 Å². The van der Waals surface area contributed by atoms with Crippen LogP contribution < -0.4 is 5.32 Å². The van der Waals surface area contributed by atoms with Crippen LogP contribution in [-0.2, 0) is 6.18 Å². The molecule has 5 nitrogen and oxygen atoms in total. The summed E-state index contributed by atoms with van der Waals surface area (Å²) >= 11 is 0. The average Bonchev–Trinajstić information content (AvgIpc) is 3.00. The van der Waals surface area contributed by atoms with E-state index >= 15 is 0 Å². The molecule has 0 aliphatic rings. The molecule has 0 bridgehead atoms. The Morgan fingerprint density at radius 1 is 1.08 bits per heavy atom. The summed E-state index contributed by atoms with van der Waals surface area (Å²) in [5.74, 6) is -0.626. The molecule has 3 rings (SSSR count). The third kappa shape index (κ3) is 3.52. The number of alkyl halides is 3. The Morgan fingerprint density at radius 2 is 1.76 bits per heavy atom. The molecular formula is C17H13F3N4O. The first-order valence-corrected chi connectivity index (χ1v) is 7.31. The van der Waals surface area contributed by atoms with E-state index in [1.807, 2.05) is 6.92 Å². The number of hydrogen-bond acceptors (Lipinski definition) is 3. The van der Waals surface area contributed by atoms with Crippen molar-refractivity contribution in [3.8, 4) is 5.69 Å². The number of para-hydroxylation sites is 1. The number of aryl methyl sites for hydroxylation is 1. The van der Waals surface area contributed by atoms with Crippen molar-refractivity contribution < 1.29 is 18.0 Å². The monoisotopic (exact) mass is 346 g/mol. The Hall–Kier alpha value is -3.16. The van der Waals surface area contributed by atoms with E-state index in [1.165, 1.54) is 30.3 Å². The topological polar surface area (TPSA) is 59.8 Å². The van der Waals surface area contributed by atoms with E-state index in [0.717, 1.165) is 11.8 Å². The van der Waals surface area contributed by atoms with E-state index in [0.29, 0.717) is 5.69 Å². The maximum atomic E-state index is 13.0. The van der Waals surface area contributed by atoms with Gasteiger partial charge in [0.2, 0.25) is 0 Å². The van der Waals surface area contributed by atoms with E-state index in [-0.39, 0.29) is 11.3 Å². The molecule has 0 aliphatic heterocycles. The summed E-state index contributed by atoms with van der Waals surface area (Å²) in [4.78, 5) is 12.2. The van der Waals surface area contributed by atoms with Crippen LogP contribution >= 0.6 is 0 Å². The van der Waals surface area contributed by atoms with Gasteiger partial charge in [-0.3, -0.25) is 4.79 Å². The van der Waals surface area contributed by atoms with Crippen LogP contribution in [0, 0.1) is 6.92 Å². The first-order valence-electron chi connectivity index (χ1n) is 7.31.